The second-order valence-electron chi connectivity index (χ2n) is 4.23. The Labute approximate surface area is 124 Å². The molecule has 0 aliphatic rings. The van der Waals surface area contributed by atoms with Crippen LogP contribution in [0.15, 0.2) is 48.5 Å². The zero-order valence-electron chi connectivity index (χ0n) is 11.3. The molecule has 100 valence electrons. The highest BCUT2D eigenvalue weighted by atomic mass is 16.5. The monoisotopic (exact) mass is 272 g/mol. The van der Waals surface area contributed by atoms with Gasteiger partial charge in [-0.3, -0.25) is 0 Å². The lowest BCUT2D eigenvalue weighted by Crippen LogP contribution is -1.97. The molecule has 3 heteroatoms. The van der Waals surface area contributed by atoms with E-state index in [-0.39, 0.29) is 6.42 Å². The molecule has 0 amide bonds. The van der Waals surface area contributed by atoms with Gasteiger partial charge in [0.05, 0.1) is 18.1 Å². The molecule has 0 fully saturated rings. The van der Waals surface area contributed by atoms with Crippen molar-refractivity contribution in [3.63, 3.8) is 0 Å². The Morgan fingerprint density at radius 2 is 1.81 bits per heavy atom. The number of rotatable bonds is 3. The first-order valence-electron chi connectivity index (χ1n) is 6.40. The summed E-state index contributed by atoms with van der Waals surface area (Å²) in [6.07, 6.45) is 0.181. The Balaban J connectivity index is 2.17. The van der Waals surface area contributed by atoms with Gasteiger partial charge in [-0.25, -0.2) is 0 Å². The second kappa shape index (κ2) is 7.39. The van der Waals surface area contributed by atoms with Gasteiger partial charge in [-0.1, -0.05) is 42.2 Å². The first kappa shape index (κ1) is 14.2. The zero-order valence-corrected chi connectivity index (χ0v) is 11.3. The van der Waals surface area contributed by atoms with E-state index in [1.54, 1.807) is 18.2 Å². The first-order valence-corrected chi connectivity index (χ1v) is 6.40. The summed E-state index contributed by atoms with van der Waals surface area (Å²) in [4.78, 5) is 0. The predicted molar refractivity (Wildman–Crippen MR) is 79.0 cm³/mol. The highest BCUT2D eigenvalue weighted by Crippen LogP contribution is 2.20. The van der Waals surface area contributed by atoms with Crippen molar-refractivity contribution in [2.75, 3.05) is 0 Å². The van der Waals surface area contributed by atoms with Crippen molar-refractivity contribution in [1.82, 2.24) is 0 Å². The number of hydrogen-bond acceptors (Lipinski definition) is 3. The Morgan fingerprint density at radius 1 is 1.00 bits per heavy atom. The van der Waals surface area contributed by atoms with E-state index < -0.39 is 0 Å². The van der Waals surface area contributed by atoms with Crippen LogP contribution in [0.3, 0.4) is 0 Å². The van der Waals surface area contributed by atoms with Crippen molar-refractivity contribution in [1.29, 1.82) is 10.5 Å². The van der Waals surface area contributed by atoms with Gasteiger partial charge in [-0.05, 0) is 23.8 Å². The average molecular weight is 272 g/mol. The second-order valence-corrected chi connectivity index (χ2v) is 4.23. The maximum atomic E-state index is 9.11. The lowest BCUT2D eigenvalue weighted by molar-refractivity contribution is 0.305. The molecule has 0 aromatic heterocycles. The molecular weight excluding hydrogens is 260 g/mol. The number of ether oxygens (including phenoxy) is 1. The minimum Gasteiger partial charge on any atom is -0.487 e. The summed E-state index contributed by atoms with van der Waals surface area (Å²) in [5.41, 5.74) is 2.23. The lowest BCUT2D eigenvalue weighted by Gasteiger charge is -2.08. The lowest BCUT2D eigenvalue weighted by atomic mass is 10.1. The summed E-state index contributed by atoms with van der Waals surface area (Å²) < 4.78 is 5.71. The molecule has 0 aliphatic carbocycles. The number of nitriles is 2. The van der Waals surface area contributed by atoms with Gasteiger partial charge in [0.1, 0.15) is 18.4 Å². The summed E-state index contributed by atoms with van der Waals surface area (Å²) in [6, 6.07) is 19.0. The largest absolute Gasteiger partial charge is 0.487 e. The van der Waals surface area contributed by atoms with E-state index in [0.717, 1.165) is 11.1 Å². The molecule has 2 rings (SSSR count). The van der Waals surface area contributed by atoms with Crippen LogP contribution in [-0.4, -0.2) is 0 Å². The maximum Gasteiger partial charge on any atom is 0.138 e. The fraction of sp³-hybridized carbons (Fsp3) is 0.111. The molecule has 0 saturated heterocycles. The average Bonchev–Trinajstić information content (AvgIpc) is 2.54. The van der Waals surface area contributed by atoms with E-state index in [1.807, 2.05) is 36.4 Å². The minimum absolute atomic E-state index is 0.181. The van der Waals surface area contributed by atoms with Crippen LogP contribution >= 0.6 is 0 Å². The van der Waals surface area contributed by atoms with Crippen LogP contribution in [-0.2, 0) is 6.61 Å². The van der Waals surface area contributed by atoms with Crippen molar-refractivity contribution < 1.29 is 4.74 Å². The maximum absolute atomic E-state index is 9.11. The molecular formula is C18H12N2O. The highest BCUT2D eigenvalue weighted by molar-refractivity contribution is 5.49. The number of hydrogen-bond donors (Lipinski definition) is 0. The van der Waals surface area contributed by atoms with Crippen LogP contribution in [0.5, 0.6) is 5.75 Å². The van der Waals surface area contributed by atoms with Crippen LogP contribution in [0, 0.1) is 34.5 Å². The fourth-order valence-corrected chi connectivity index (χ4v) is 1.73. The van der Waals surface area contributed by atoms with Crippen molar-refractivity contribution >= 4 is 0 Å². The third-order valence-corrected chi connectivity index (χ3v) is 2.74. The quantitative estimate of drug-likeness (QED) is 0.804. The van der Waals surface area contributed by atoms with Crippen LogP contribution in [0.4, 0.5) is 0 Å². The van der Waals surface area contributed by atoms with Gasteiger partial charge < -0.3 is 4.74 Å². The molecule has 0 spiro atoms. The summed E-state index contributed by atoms with van der Waals surface area (Å²) in [7, 11) is 0. The van der Waals surface area contributed by atoms with Crippen LogP contribution < -0.4 is 4.74 Å². The number of benzene rings is 2. The van der Waals surface area contributed by atoms with Gasteiger partial charge >= 0.3 is 0 Å². The fourth-order valence-electron chi connectivity index (χ4n) is 1.73. The Hall–Kier alpha value is -3.22. The molecule has 3 nitrogen and oxygen atoms in total. The Morgan fingerprint density at radius 3 is 2.52 bits per heavy atom. The van der Waals surface area contributed by atoms with Gasteiger partial charge in [0, 0.05) is 5.56 Å². The van der Waals surface area contributed by atoms with E-state index in [9.17, 15) is 0 Å². The summed E-state index contributed by atoms with van der Waals surface area (Å²) in [5.74, 6) is 6.12. The molecule has 2 aromatic rings. The molecule has 0 unspecified atom stereocenters. The normalized spacial score (nSPS) is 8.86. The highest BCUT2D eigenvalue weighted by Gasteiger charge is 2.04. The van der Waals surface area contributed by atoms with Crippen LogP contribution in [0.2, 0.25) is 0 Å². The molecule has 21 heavy (non-hydrogen) atoms. The Kier molecular flexibility index (Phi) is 4.99. The van der Waals surface area contributed by atoms with Crippen LogP contribution in [0.1, 0.15) is 23.1 Å². The smallest absolute Gasteiger partial charge is 0.138 e. The number of nitrogens with zero attached hydrogens (tertiary/aromatic N) is 2. The third kappa shape index (κ3) is 4.13. The molecule has 2 aromatic carbocycles. The van der Waals surface area contributed by atoms with Gasteiger partial charge in [0.25, 0.3) is 0 Å². The summed E-state index contributed by atoms with van der Waals surface area (Å²) in [5, 5.41) is 17.6. The standard InChI is InChI=1S/C18H12N2O/c19-11-5-4-6-15-9-10-17(13-20)18(12-15)21-14-16-7-2-1-3-8-16/h1-3,7-10,12H,5,14H2. The minimum atomic E-state index is 0.181. The molecule has 0 heterocycles. The van der Waals surface area contributed by atoms with E-state index >= 15 is 0 Å². The van der Waals surface area contributed by atoms with Gasteiger partial charge in [-0.2, -0.15) is 10.5 Å². The Bertz CT molecular complexity index is 756. The summed E-state index contributed by atoms with van der Waals surface area (Å²) >= 11 is 0. The molecule has 0 atom stereocenters. The molecule has 0 aliphatic heterocycles. The first-order chi connectivity index (χ1) is 10.3. The van der Waals surface area contributed by atoms with Crippen LogP contribution in [0.25, 0.3) is 0 Å². The van der Waals surface area contributed by atoms with E-state index in [1.165, 1.54) is 0 Å². The van der Waals surface area contributed by atoms with Gasteiger partial charge in [0.15, 0.2) is 0 Å². The molecule has 0 bridgehead atoms. The van der Waals surface area contributed by atoms with Gasteiger partial charge in [-0.15, -0.1) is 0 Å². The molecule has 0 N–H and O–H groups in total. The van der Waals surface area contributed by atoms with Crippen molar-refractivity contribution in [3.05, 3.63) is 65.2 Å². The molecule has 0 radical (unpaired) electrons. The van der Waals surface area contributed by atoms with Crippen molar-refractivity contribution in [2.45, 2.75) is 13.0 Å². The van der Waals surface area contributed by atoms with Gasteiger partial charge in [0.2, 0.25) is 0 Å². The van der Waals surface area contributed by atoms with E-state index in [0.29, 0.717) is 17.9 Å². The van der Waals surface area contributed by atoms with E-state index in [2.05, 4.69) is 17.9 Å². The third-order valence-electron chi connectivity index (χ3n) is 2.74. The SMILES string of the molecule is N#CCC#Cc1ccc(C#N)c(OCc2ccccc2)c1. The van der Waals surface area contributed by atoms with E-state index in [4.69, 9.17) is 15.3 Å². The summed E-state index contributed by atoms with van der Waals surface area (Å²) in [6.45, 7) is 0.393. The predicted octanol–water partition coefficient (Wildman–Crippen LogP) is 3.40. The van der Waals surface area contributed by atoms with Crippen molar-refractivity contribution in [2.24, 2.45) is 0 Å². The van der Waals surface area contributed by atoms with Crippen molar-refractivity contribution in [3.8, 4) is 29.7 Å². The molecule has 0 saturated carbocycles. The topological polar surface area (TPSA) is 56.8 Å². The zero-order chi connectivity index (χ0) is 14.9.